The van der Waals surface area contributed by atoms with Gasteiger partial charge in [0.2, 0.25) is 0 Å². The van der Waals surface area contributed by atoms with Gasteiger partial charge < -0.3 is 4.74 Å². The molecular weight excluding hydrogens is 181 g/mol. The fourth-order valence-electron chi connectivity index (χ4n) is 1.24. The van der Waals surface area contributed by atoms with Crippen LogP contribution in [-0.2, 0) is 4.74 Å². The zero-order chi connectivity index (χ0) is 10.4. The summed E-state index contributed by atoms with van der Waals surface area (Å²) in [5.74, 6) is -0.493. The number of benzene rings is 1. The molecule has 1 unspecified atom stereocenters. The lowest BCUT2D eigenvalue weighted by Crippen LogP contribution is -2.00. The average Bonchev–Trinajstić information content (AvgIpc) is 2.21. The Kier molecular flexibility index (Phi) is 4.09. The lowest BCUT2D eigenvalue weighted by atomic mass is 9.98. The number of nitrogens with zero attached hydrogens (tertiary/aromatic N) is 1. The number of hydrogen-bond donors (Lipinski definition) is 0. The van der Waals surface area contributed by atoms with Crippen LogP contribution in [-0.4, -0.2) is 13.7 Å². The highest BCUT2D eigenvalue weighted by Gasteiger charge is 2.09. The van der Waals surface area contributed by atoms with Crippen molar-refractivity contribution in [2.75, 3.05) is 13.7 Å². The standard InChI is InChI=1S/C11H12FNO/c1-14-7-6-10(8-13)9-2-4-11(12)5-3-9/h2-5,10H,6-7H2,1H3. The first-order valence-corrected chi connectivity index (χ1v) is 4.42. The van der Waals surface area contributed by atoms with Gasteiger partial charge >= 0.3 is 0 Å². The molecule has 3 heteroatoms. The van der Waals surface area contributed by atoms with E-state index >= 15 is 0 Å². The van der Waals surface area contributed by atoms with Gasteiger partial charge in [-0.1, -0.05) is 12.1 Å². The fourth-order valence-corrected chi connectivity index (χ4v) is 1.24. The van der Waals surface area contributed by atoms with Crippen molar-refractivity contribution < 1.29 is 9.13 Å². The van der Waals surface area contributed by atoms with Crippen LogP contribution in [0.3, 0.4) is 0 Å². The monoisotopic (exact) mass is 193 g/mol. The van der Waals surface area contributed by atoms with Crippen LogP contribution < -0.4 is 0 Å². The van der Waals surface area contributed by atoms with Gasteiger partial charge in [0.1, 0.15) is 5.82 Å². The molecule has 74 valence electrons. The first kappa shape index (κ1) is 10.7. The van der Waals surface area contributed by atoms with Gasteiger partial charge in [-0.3, -0.25) is 0 Å². The third kappa shape index (κ3) is 2.82. The number of hydrogen-bond acceptors (Lipinski definition) is 2. The lowest BCUT2D eigenvalue weighted by molar-refractivity contribution is 0.192. The van der Waals surface area contributed by atoms with Crippen LogP contribution >= 0.6 is 0 Å². The summed E-state index contributed by atoms with van der Waals surface area (Å²) in [5.41, 5.74) is 0.839. The van der Waals surface area contributed by atoms with Gasteiger partial charge in [-0.05, 0) is 24.1 Å². The summed E-state index contributed by atoms with van der Waals surface area (Å²) in [5, 5.41) is 8.88. The summed E-state index contributed by atoms with van der Waals surface area (Å²) in [6.07, 6.45) is 0.638. The molecule has 0 aliphatic rings. The second-order valence-electron chi connectivity index (χ2n) is 3.01. The molecular formula is C11H12FNO. The summed E-state index contributed by atoms with van der Waals surface area (Å²) in [6, 6.07) is 8.18. The first-order valence-electron chi connectivity index (χ1n) is 4.42. The molecule has 0 saturated carbocycles. The van der Waals surface area contributed by atoms with E-state index in [1.54, 1.807) is 19.2 Å². The molecule has 1 aromatic rings. The number of ether oxygens (including phenoxy) is 1. The van der Waals surface area contributed by atoms with Crippen molar-refractivity contribution in [2.24, 2.45) is 0 Å². The van der Waals surface area contributed by atoms with Crippen molar-refractivity contribution in [1.82, 2.24) is 0 Å². The maximum Gasteiger partial charge on any atom is 0.123 e. The van der Waals surface area contributed by atoms with E-state index in [1.807, 2.05) is 0 Å². The van der Waals surface area contributed by atoms with E-state index in [0.717, 1.165) is 5.56 Å². The first-order chi connectivity index (χ1) is 6.77. The maximum atomic E-state index is 12.6. The molecule has 2 nitrogen and oxygen atoms in total. The second-order valence-corrected chi connectivity index (χ2v) is 3.01. The van der Waals surface area contributed by atoms with E-state index in [0.29, 0.717) is 13.0 Å². The van der Waals surface area contributed by atoms with Gasteiger partial charge in [0.15, 0.2) is 0 Å². The SMILES string of the molecule is COCCC(C#N)c1ccc(F)cc1. The quantitative estimate of drug-likeness (QED) is 0.735. The minimum absolute atomic E-state index is 0.212. The van der Waals surface area contributed by atoms with Crippen molar-refractivity contribution in [2.45, 2.75) is 12.3 Å². The number of methoxy groups -OCH3 is 1. The van der Waals surface area contributed by atoms with Crippen molar-refractivity contribution in [1.29, 1.82) is 5.26 Å². The van der Waals surface area contributed by atoms with Crippen LogP contribution in [0.1, 0.15) is 17.9 Å². The lowest BCUT2D eigenvalue weighted by Gasteiger charge is -2.07. The highest BCUT2D eigenvalue weighted by Crippen LogP contribution is 2.18. The van der Waals surface area contributed by atoms with Crippen LogP contribution in [0.25, 0.3) is 0 Å². The van der Waals surface area contributed by atoms with Crippen LogP contribution in [0.4, 0.5) is 4.39 Å². The molecule has 0 bridgehead atoms. The third-order valence-corrected chi connectivity index (χ3v) is 2.04. The Bertz CT molecular complexity index is 315. The Morgan fingerprint density at radius 3 is 2.57 bits per heavy atom. The highest BCUT2D eigenvalue weighted by atomic mass is 19.1. The van der Waals surface area contributed by atoms with Crippen molar-refractivity contribution in [3.63, 3.8) is 0 Å². The molecule has 0 amide bonds. The van der Waals surface area contributed by atoms with E-state index in [1.165, 1.54) is 12.1 Å². The molecule has 0 radical (unpaired) electrons. The molecule has 1 aromatic carbocycles. The molecule has 0 aromatic heterocycles. The number of nitriles is 1. The van der Waals surface area contributed by atoms with E-state index in [4.69, 9.17) is 10.00 Å². The highest BCUT2D eigenvalue weighted by molar-refractivity contribution is 5.25. The van der Waals surface area contributed by atoms with Gasteiger partial charge in [0.25, 0.3) is 0 Å². The minimum atomic E-state index is -0.280. The molecule has 0 aliphatic carbocycles. The van der Waals surface area contributed by atoms with E-state index in [2.05, 4.69) is 6.07 Å². The van der Waals surface area contributed by atoms with Crippen LogP contribution in [0, 0.1) is 17.1 Å². The zero-order valence-corrected chi connectivity index (χ0v) is 8.03. The van der Waals surface area contributed by atoms with E-state index in [-0.39, 0.29) is 11.7 Å². The van der Waals surface area contributed by atoms with Gasteiger partial charge in [-0.2, -0.15) is 5.26 Å². The fraction of sp³-hybridized carbons (Fsp3) is 0.364. The van der Waals surface area contributed by atoms with Gasteiger partial charge in [-0.15, -0.1) is 0 Å². The molecule has 0 fully saturated rings. The molecule has 0 saturated heterocycles. The third-order valence-electron chi connectivity index (χ3n) is 2.04. The van der Waals surface area contributed by atoms with Crippen molar-refractivity contribution >= 4 is 0 Å². The Balaban J connectivity index is 2.70. The van der Waals surface area contributed by atoms with Gasteiger partial charge in [0, 0.05) is 13.7 Å². The van der Waals surface area contributed by atoms with Crippen LogP contribution in [0.15, 0.2) is 24.3 Å². The predicted octanol–water partition coefficient (Wildman–Crippen LogP) is 2.47. The Labute approximate surface area is 82.9 Å². The van der Waals surface area contributed by atoms with E-state index in [9.17, 15) is 4.39 Å². The maximum absolute atomic E-state index is 12.6. The Hall–Kier alpha value is -1.40. The largest absolute Gasteiger partial charge is 0.385 e. The van der Waals surface area contributed by atoms with Gasteiger partial charge in [-0.25, -0.2) is 4.39 Å². The smallest absolute Gasteiger partial charge is 0.123 e. The summed E-state index contributed by atoms with van der Waals surface area (Å²) in [4.78, 5) is 0. The molecule has 1 atom stereocenters. The molecule has 0 aliphatic heterocycles. The second kappa shape index (κ2) is 5.36. The van der Waals surface area contributed by atoms with Gasteiger partial charge in [0.05, 0.1) is 12.0 Å². The number of rotatable bonds is 4. The summed E-state index contributed by atoms with van der Waals surface area (Å²) in [6.45, 7) is 0.537. The van der Waals surface area contributed by atoms with Crippen LogP contribution in [0.2, 0.25) is 0 Å². The normalized spacial score (nSPS) is 12.1. The van der Waals surface area contributed by atoms with Crippen molar-refractivity contribution in [3.8, 4) is 6.07 Å². The number of halogens is 1. The van der Waals surface area contributed by atoms with Crippen molar-refractivity contribution in [3.05, 3.63) is 35.6 Å². The Morgan fingerprint density at radius 2 is 2.07 bits per heavy atom. The van der Waals surface area contributed by atoms with E-state index < -0.39 is 0 Å². The molecule has 0 spiro atoms. The zero-order valence-electron chi connectivity index (χ0n) is 8.03. The predicted molar refractivity (Wildman–Crippen MR) is 51.2 cm³/mol. The molecule has 0 heterocycles. The topological polar surface area (TPSA) is 33.0 Å². The average molecular weight is 193 g/mol. The molecule has 0 N–H and O–H groups in total. The minimum Gasteiger partial charge on any atom is -0.385 e. The summed E-state index contributed by atoms with van der Waals surface area (Å²) < 4.78 is 17.5. The molecule has 1 rings (SSSR count). The Morgan fingerprint density at radius 1 is 1.43 bits per heavy atom. The summed E-state index contributed by atoms with van der Waals surface area (Å²) >= 11 is 0. The van der Waals surface area contributed by atoms with Crippen LogP contribution in [0.5, 0.6) is 0 Å². The summed E-state index contributed by atoms with van der Waals surface area (Å²) in [7, 11) is 1.60. The molecule has 14 heavy (non-hydrogen) atoms.